The van der Waals surface area contributed by atoms with Crippen LogP contribution in [0.25, 0.3) is 11.4 Å². The summed E-state index contributed by atoms with van der Waals surface area (Å²) >= 11 is 0. The number of rotatable bonds is 3. The largest absolute Gasteiger partial charge is 0.342 e. The van der Waals surface area contributed by atoms with E-state index in [1.54, 1.807) is 18.3 Å². The van der Waals surface area contributed by atoms with Crippen molar-refractivity contribution in [3.8, 4) is 11.4 Å². The molecule has 2 fully saturated rings. The van der Waals surface area contributed by atoms with Crippen LogP contribution < -0.4 is 0 Å². The molecular formula is C22H26FN3O. The summed E-state index contributed by atoms with van der Waals surface area (Å²) in [5, 5.41) is 0. The van der Waals surface area contributed by atoms with E-state index in [2.05, 4.69) is 9.88 Å². The number of hydrogen-bond acceptors (Lipinski definition) is 3. The predicted octanol–water partition coefficient (Wildman–Crippen LogP) is 4.57. The van der Waals surface area contributed by atoms with E-state index in [4.69, 9.17) is 4.98 Å². The Morgan fingerprint density at radius 1 is 1.00 bits per heavy atom. The normalized spacial score (nSPS) is 21.2. The van der Waals surface area contributed by atoms with Crippen molar-refractivity contribution in [3.63, 3.8) is 0 Å². The van der Waals surface area contributed by atoms with Gasteiger partial charge in [-0.25, -0.2) is 14.4 Å². The summed E-state index contributed by atoms with van der Waals surface area (Å²) in [4.78, 5) is 24.0. The van der Waals surface area contributed by atoms with E-state index in [-0.39, 0.29) is 17.7 Å². The molecule has 0 radical (unpaired) electrons. The van der Waals surface area contributed by atoms with Crippen LogP contribution >= 0.6 is 0 Å². The molecule has 1 saturated carbocycles. The van der Waals surface area contributed by atoms with Crippen LogP contribution in [-0.2, 0) is 4.79 Å². The number of carbonyl (C=O) groups excluding carboxylic acids is 1. The molecule has 1 atom stereocenters. The van der Waals surface area contributed by atoms with Gasteiger partial charge in [-0.3, -0.25) is 4.79 Å². The molecule has 1 saturated heterocycles. The Morgan fingerprint density at radius 2 is 1.78 bits per heavy atom. The highest BCUT2D eigenvalue weighted by molar-refractivity contribution is 5.79. The van der Waals surface area contributed by atoms with Crippen molar-refractivity contribution in [2.45, 2.75) is 50.9 Å². The number of nitrogens with zero attached hydrogens (tertiary/aromatic N) is 3. The molecule has 27 heavy (non-hydrogen) atoms. The van der Waals surface area contributed by atoms with E-state index in [0.29, 0.717) is 11.7 Å². The van der Waals surface area contributed by atoms with Crippen LogP contribution in [0.1, 0.15) is 56.6 Å². The van der Waals surface area contributed by atoms with Gasteiger partial charge in [-0.1, -0.05) is 19.3 Å². The van der Waals surface area contributed by atoms with Gasteiger partial charge in [0.05, 0.1) is 0 Å². The Morgan fingerprint density at radius 3 is 2.56 bits per heavy atom. The topological polar surface area (TPSA) is 46.1 Å². The van der Waals surface area contributed by atoms with Crippen molar-refractivity contribution >= 4 is 5.91 Å². The Labute approximate surface area is 159 Å². The summed E-state index contributed by atoms with van der Waals surface area (Å²) in [5.41, 5.74) is 1.79. The maximum atomic E-state index is 13.2. The third-order valence-electron chi connectivity index (χ3n) is 5.89. The summed E-state index contributed by atoms with van der Waals surface area (Å²) in [6, 6.07) is 8.21. The van der Waals surface area contributed by atoms with Gasteiger partial charge in [0, 0.05) is 42.4 Å². The predicted molar refractivity (Wildman–Crippen MR) is 103 cm³/mol. The van der Waals surface area contributed by atoms with E-state index >= 15 is 0 Å². The molecule has 0 spiro atoms. The van der Waals surface area contributed by atoms with Crippen LogP contribution in [0.15, 0.2) is 36.5 Å². The summed E-state index contributed by atoms with van der Waals surface area (Å²) in [7, 11) is 0. The number of carbonyl (C=O) groups is 1. The smallest absolute Gasteiger partial charge is 0.225 e. The Hall–Kier alpha value is -2.30. The van der Waals surface area contributed by atoms with Crippen molar-refractivity contribution in [1.82, 2.24) is 14.9 Å². The first-order valence-electron chi connectivity index (χ1n) is 10.1. The fraction of sp³-hybridized carbons (Fsp3) is 0.500. The van der Waals surface area contributed by atoms with Crippen LogP contribution in [0.5, 0.6) is 0 Å². The lowest BCUT2D eigenvalue weighted by molar-refractivity contribution is -0.137. The van der Waals surface area contributed by atoms with E-state index in [1.807, 2.05) is 6.07 Å². The molecule has 1 amide bonds. The molecule has 2 aliphatic rings. The molecule has 1 unspecified atom stereocenters. The maximum Gasteiger partial charge on any atom is 0.225 e. The van der Waals surface area contributed by atoms with Gasteiger partial charge < -0.3 is 4.90 Å². The highest BCUT2D eigenvalue weighted by atomic mass is 19.1. The Kier molecular flexibility index (Phi) is 5.46. The molecule has 2 aromatic rings. The molecule has 2 heterocycles. The van der Waals surface area contributed by atoms with Gasteiger partial charge in [0.2, 0.25) is 5.91 Å². The first kappa shape index (κ1) is 18.1. The van der Waals surface area contributed by atoms with E-state index in [0.717, 1.165) is 50.0 Å². The molecule has 5 heteroatoms. The monoisotopic (exact) mass is 367 g/mol. The standard InChI is InChI=1S/C22H26FN3O/c23-19-10-8-16(9-11-19)21-24-13-12-20(25-21)18-7-4-14-26(15-18)22(27)17-5-2-1-3-6-17/h8-13,17-18H,1-7,14-15H2. The van der Waals surface area contributed by atoms with Gasteiger partial charge in [0.15, 0.2) is 5.82 Å². The number of likely N-dealkylation sites (tertiary alicyclic amines) is 1. The first-order chi connectivity index (χ1) is 13.2. The van der Waals surface area contributed by atoms with E-state index < -0.39 is 0 Å². The van der Waals surface area contributed by atoms with Gasteiger partial charge in [0.1, 0.15) is 5.82 Å². The highest BCUT2D eigenvalue weighted by Gasteiger charge is 2.30. The van der Waals surface area contributed by atoms with Crippen molar-refractivity contribution in [2.75, 3.05) is 13.1 Å². The Bertz CT molecular complexity index is 786. The minimum Gasteiger partial charge on any atom is -0.342 e. The second-order valence-electron chi connectivity index (χ2n) is 7.77. The summed E-state index contributed by atoms with van der Waals surface area (Å²) in [6.45, 7) is 1.61. The maximum absolute atomic E-state index is 13.2. The molecule has 0 bridgehead atoms. The average molecular weight is 367 g/mol. The average Bonchev–Trinajstić information content (AvgIpc) is 2.74. The van der Waals surface area contributed by atoms with E-state index in [1.165, 1.54) is 31.4 Å². The zero-order chi connectivity index (χ0) is 18.6. The molecular weight excluding hydrogens is 341 g/mol. The zero-order valence-electron chi connectivity index (χ0n) is 15.6. The van der Waals surface area contributed by atoms with Crippen LogP contribution in [0.2, 0.25) is 0 Å². The summed E-state index contributed by atoms with van der Waals surface area (Å²) in [6.07, 6.45) is 9.53. The zero-order valence-corrected chi connectivity index (χ0v) is 15.6. The molecule has 1 aromatic heterocycles. The molecule has 1 aliphatic heterocycles. The van der Waals surface area contributed by atoms with Crippen molar-refractivity contribution in [1.29, 1.82) is 0 Å². The molecule has 1 aliphatic carbocycles. The Balaban J connectivity index is 1.48. The number of halogens is 1. The number of hydrogen-bond donors (Lipinski definition) is 0. The first-order valence-corrected chi connectivity index (χ1v) is 10.1. The molecule has 142 valence electrons. The molecule has 1 aromatic carbocycles. The lowest BCUT2D eigenvalue weighted by Crippen LogP contribution is -2.43. The van der Waals surface area contributed by atoms with Crippen LogP contribution in [0, 0.1) is 11.7 Å². The molecule has 0 N–H and O–H groups in total. The SMILES string of the molecule is O=C(C1CCCCC1)N1CCCC(c2ccnc(-c3ccc(F)cc3)n2)C1. The third kappa shape index (κ3) is 4.18. The molecule has 4 nitrogen and oxygen atoms in total. The minimum absolute atomic E-state index is 0.220. The fourth-order valence-electron chi connectivity index (χ4n) is 4.36. The molecule has 4 rings (SSSR count). The number of piperidine rings is 1. The third-order valence-corrected chi connectivity index (χ3v) is 5.89. The van der Waals surface area contributed by atoms with Gasteiger partial charge in [-0.2, -0.15) is 0 Å². The van der Waals surface area contributed by atoms with Gasteiger partial charge >= 0.3 is 0 Å². The number of amides is 1. The quantitative estimate of drug-likeness (QED) is 0.798. The van der Waals surface area contributed by atoms with Crippen LogP contribution in [-0.4, -0.2) is 33.9 Å². The summed E-state index contributed by atoms with van der Waals surface area (Å²) in [5.74, 6) is 1.15. The van der Waals surface area contributed by atoms with Gasteiger partial charge in [0.25, 0.3) is 0 Å². The van der Waals surface area contributed by atoms with Gasteiger partial charge in [-0.05, 0) is 56.0 Å². The highest BCUT2D eigenvalue weighted by Crippen LogP contribution is 2.31. The van der Waals surface area contributed by atoms with Crippen molar-refractivity contribution in [2.24, 2.45) is 5.92 Å². The second kappa shape index (κ2) is 8.15. The lowest BCUT2D eigenvalue weighted by atomic mass is 9.87. The van der Waals surface area contributed by atoms with Gasteiger partial charge in [-0.15, -0.1) is 0 Å². The second-order valence-corrected chi connectivity index (χ2v) is 7.77. The lowest BCUT2D eigenvalue weighted by Gasteiger charge is -2.35. The van der Waals surface area contributed by atoms with Crippen molar-refractivity contribution < 1.29 is 9.18 Å². The van der Waals surface area contributed by atoms with Crippen molar-refractivity contribution in [3.05, 3.63) is 48.0 Å². The fourth-order valence-corrected chi connectivity index (χ4v) is 4.36. The minimum atomic E-state index is -0.265. The van der Waals surface area contributed by atoms with E-state index in [9.17, 15) is 9.18 Å². The summed E-state index contributed by atoms with van der Waals surface area (Å²) < 4.78 is 13.2. The van der Waals surface area contributed by atoms with Crippen LogP contribution in [0.3, 0.4) is 0 Å². The van der Waals surface area contributed by atoms with Crippen LogP contribution in [0.4, 0.5) is 4.39 Å². The number of aromatic nitrogens is 2. The number of benzene rings is 1.